The Kier molecular flexibility index (Phi) is 2.50. The molecule has 2 rings (SSSR count). The molecular formula is C12H15N3O. The first kappa shape index (κ1) is 10.8. The molecule has 2 aromatic heterocycles. The maximum absolute atomic E-state index is 11.3. The van der Waals surface area contributed by atoms with Crippen LogP contribution in [0.1, 0.15) is 36.7 Å². The third kappa shape index (κ3) is 1.71. The van der Waals surface area contributed by atoms with Crippen molar-refractivity contribution in [2.24, 2.45) is 0 Å². The van der Waals surface area contributed by atoms with Gasteiger partial charge in [0.2, 0.25) is 0 Å². The highest BCUT2D eigenvalue weighted by Gasteiger charge is 2.09. The molecule has 16 heavy (non-hydrogen) atoms. The van der Waals surface area contributed by atoms with E-state index in [0.29, 0.717) is 11.6 Å². The van der Waals surface area contributed by atoms with Gasteiger partial charge in [-0.25, -0.2) is 4.52 Å². The lowest BCUT2D eigenvalue weighted by atomic mass is 10.1. The summed E-state index contributed by atoms with van der Waals surface area (Å²) >= 11 is 0. The largest absolute Gasteiger partial charge is 0.273 e. The third-order valence-electron chi connectivity index (χ3n) is 2.61. The summed E-state index contributed by atoms with van der Waals surface area (Å²) in [6.45, 7) is 8.07. The Morgan fingerprint density at radius 3 is 2.56 bits per heavy atom. The molecule has 0 atom stereocenters. The fourth-order valence-corrected chi connectivity index (χ4v) is 1.86. The average molecular weight is 217 g/mol. The molecule has 0 saturated carbocycles. The molecule has 2 heterocycles. The number of aryl methyl sites for hydroxylation is 2. The van der Waals surface area contributed by atoms with Crippen molar-refractivity contribution in [3.05, 3.63) is 39.4 Å². The lowest BCUT2D eigenvalue weighted by Gasteiger charge is -2.11. The Bertz CT molecular complexity index is 599. The molecule has 0 amide bonds. The Morgan fingerprint density at radius 1 is 1.25 bits per heavy atom. The van der Waals surface area contributed by atoms with Gasteiger partial charge in [0.05, 0.1) is 5.69 Å². The second kappa shape index (κ2) is 3.70. The highest BCUT2D eigenvalue weighted by atomic mass is 16.1. The van der Waals surface area contributed by atoms with Gasteiger partial charge in [0.1, 0.15) is 0 Å². The molecule has 0 N–H and O–H groups in total. The van der Waals surface area contributed by atoms with Gasteiger partial charge in [-0.3, -0.25) is 4.79 Å². The summed E-state index contributed by atoms with van der Waals surface area (Å²) < 4.78 is 1.73. The van der Waals surface area contributed by atoms with Crippen LogP contribution in [-0.4, -0.2) is 14.6 Å². The highest BCUT2D eigenvalue weighted by Crippen LogP contribution is 2.16. The molecule has 0 aliphatic heterocycles. The maximum Gasteiger partial charge on any atom is 0.273 e. The summed E-state index contributed by atoms with van der Waals surface area (Å²) in [4.78, 5) is 15.2. The molecule has 0 radical (unpaired) electrons. The van der Waals surface area contributed by atoms with Crippen LogP contribution in [0, 0.1) is 13.8 Å². The zero-order valence-corrected chi connectivity index (χ0v) is 9.98. The number of fused-ring (bicyclic) bond motifs is 1. The van der Waals surface area contributed by atoms with Crippen LogP contribution in [0.4, 0.5) is 0 Å². The SMILES string of the molecule is Cc1cc2nc(=O)cc(C)n2nc1C(C)C. The predicted octanol–water partition coefficient (Wildman–Crippen LogP) is 1.83. The molecular weight excluding hydrogens is 202 g/mol. The monoisotopic (exact) mass is 217 g/mol. The van der Waals surface area contributed by atoms with Crippen molar-refractivity contribution in [1.29, 1.82) is 0 Å². The van der Waals surface area contributed by atoms with E-state index in [0.717, 1.165) is 17.0 Å². The van der Waals surface area contributed by atoms with Gasteiger partial charge in [0.15, 0.2) is 5.65 Å². The normalized spacial score (nSPS) is 11.3. The smallest absolute Gasteiger partial charge is 0.267 e. The van der Waals surface area contributed by atoms with Crippen molar-refractivity contribution in [3.8, 4) is 0 Å². The summed E-state index contributed by atoms with van der Waals surface area (Å²) in [5, 5.41) is 4.53. The number of hydrogen-bond acceptors (Lipinski definition) is 3. The van der Waals surface area contributed by atoms with E-state index in [4.69, 9.17) is 0 Å². The lowest BCUT2D eigenvalue weighted by Crippen LogP contribution is -2.14. The van der Waals surface area contributed by atoms with Crippen LogP contribution in [-0.2, 0) is 0 Å². The van der Waals surface area contributed by atoms with Crippen molar-refractivity contribution in [2.45, 2.75) is 33.6 Å². The van der Waals surface area contributed by atoms with Gasteiger partial charge in [0, 0.05) is 11.8 Å². The molecule has 4 nitrogen and oxygen atoms in total. The molecule has 0 aromatic carbocycles. The quantitative estimate of drug-likeness (QED) is 0.732. The van der Waals surface area contributed by atoms with E-state index in [1.807, 2.05) is 19.9 Å². The van der Waals surface area contributed by atoms with Crippen LogP contribution >= 0.6 is 0 Å². The van der Waals surface area contributed by atoms with Crippen LogP contribution in [0.25, 0.3) is 5.65 Å². The van der Waals surface area contributed by atoms with E-state index < -0.39 is 0 Å². The van der Waals surface area contributed by atoms with E-state index in [1.54, 1.807) is 4.52 Å². The number of hydrogen-bond donors (Lipinski definition) is 0. The fraction of sp³-hybridized carbons (Fsp3) is 0.417. The van der Waals surface area contributed by atoms with Gasteiger partial charge in [0.25, 0.3) is 5.56 Å². The number of aromatic nitrogens is 3. The minimum Gasteiger partial charge on any atom is -0.267 e. The van der Waals surface area contributed by atoms with Crippen LogP contribution < -0.4 is 5.56 Å². The molecule has 0 aliphatic carbocycles. The van der Waals surface area contributed by atoms with Gasteiger partial charge in [-0.15, -0.1) is 0 Å². The first-order valence-electron chi connectivity index (χ1n) is 5.37. The van der Waals surface area contributed by atoms with Gasteiger partial charge < -0.3 is 0 Å². The average Bonchev–Trinajstić information content (AvgIpc) is 2.15. The van der Waals surface area contributed by atoms with Crippen molar-refractivity contribution in [1.82, 2.24) is 14.6 Å². The van der Waals surface area contributed by atoms with Gasteiger partial charge in [-0.1, -0.05) is 13.8 Å². The van der Waals surface area contributed by atoms with Crippen molar-refractivity contribution >= 4 is 5.65 Å². The molecule has 4 heteroatoms. The third-order valence-corrected chi connectivity index (χ3v) is 2.61. The fourth-order valence-electron chi connectivity index (χ4n) is 1.86. The lowest BCUT2D eigenvalue weighted by molar-refractivity contribution is 0.733. The summed E-state index contributed by atoms with van der Waals surface area (Å²) in [5.74, 6) is 0.364. The second-order valence-corrected chi connectivity index (χ2v) is 4.37. The van der Waals surface area contributed by atoms with Crippen LogP contribution in [0.2, 0.25) is 0 Å². The molecule has 0 fully saturated rings. The van der Waals surface area contributed by atoms with Crippen LogP contribution in [0.3, 0.4) is 0 Å². The summed E-state index contributed by atoms with van der Waals surface area (Å²) in [6.07, 6.45) is 0. The van der Waals surface area contributed by atoms with E-state index in [2.05, 4.69) is 23.9 Å². The minimum atomic E-state index is -0.212. The molecule has 0 bridgehead atoms. The van der Waals surface area contributed by atoms with E-state index >= 15 is 0 Å². The molecule has 0 unspecified atom stereocenters. The Hall–Kier alpha value is -1.71. The van der Waals surface area contributed by atoms with Crippen molar-refractivity contribution in [2.75, 3.05) is 0 Å². The van der Waals surface area contributed by atoms with Crippen LogP contribution in [0.5, 0.6) is 0 Å². The van der Waals surface area contributed by atoms with E-state index in [-0.39, 0.29) is 5.56 Å². The Morgan fingerprint density at radius 2 is 1.94 bits per heavy atom. The Labute approximate surface area is 94.0 Å². The van der Waals surface area contributed by atoms with E-state index in [9.17, 15) is 4.79 Å². The zero-order chi connectivity index (χ0) is 11.9. The number of nitrogens with zero attached hydrogens (tertiary/aromatic N) is 3. The summed E-state index contributed by atoms with van der Waals surface area (Å²) in [6, 6.07) is 3.41. The first-order chi connectivity index (χ1) is 7.49. The maximum atomic E-state index is 11.3. The predicted molar refractivity (Wildman–Crippen MR) is 62.8 cm³/mol. The highest BCUT2D eigenvalue weighted by molar-refractivity contribution is 5.42. The molecule has 2 aromatic rings. The zero-order valence-electron chi connectivity index (χ0n) is 9.98. The summed E-state index contributed by atoms with van der Waals surface area (Å²) in [7, 11) is 0. The van der Waals surface area contributed by atoms with Crippen molar-refractivity contribution < 1.29 is 0 Å². The molecule has 0 aliphatic rings. The van der Waals surface area contributed by atoms with E-state index in [1.165, 1.54) is 6.07 Å². The second-order valence-electron chi connectivity index (χ2n) is 4.37. The van der Waals surface area contributed by atoms with Crippen LogP contribution in [0.15, 0.2) is 16.9 Å². The number of rotatable bonds is 1. The molecule has 84 valence electrons. The molecule has 0 spiro atoms. The molecule has 0 saturated heterocycles. The van der Waals surface area contributed by atoms with Gasteiger partial charge >= 0.3 is 0 Å². The Balaban J connectivity index is 2.84. The van der Waals surface area contributed by atoms with Crippen molar-refractivity contribution in [3.63, 3.8) is 0 Å². The summed E-state index contributed by atoms with van der Waals surface area (Å²) in [5.41, 5.74) is 3.34. The van der Waals surface area contributed by atoms with Gasteiger partial charge in [-0.2, -0.15) is 10.1 Å². The standard InChI is InChI=1S/C12H15N3O/c1-7(2)12-8(3)5-10-13-11(16)6-9(4)15(10)14-12/h5-7H,1-4H3. The first-order valence-corrected chi connectivity index (χ1v) is 5.37. The minimum absolute atomic E-state index is 0.212. The van der Waals surface area contributed by atoms with Gasteiger partial charge in [-0.05, 0) is 31.4 Å². The topological polar surface area (TPSA) is 47.3 Å².